The Balaban J connectivity index is 4.26. The molecule has 0 saturated carbocycles. The number of rotatable bonds is 17. The van der Waals surface area contributed by atoms with Crippen LogP contribution >= 0.6 is 0 Å². The summed E-state index contributed by atoms with van der Waals surface area (Å²) in [6, 6.07) is 0.0989. The molecule has 0 aromatic rings. The summed E-state index contributed by atoms with van der Waals surface area (Å²) in [7, 11) is 0. The Morgan fingerprint density at radius 2 is 1.23 bits per heavy atom. The molecule has 0 aliphatic heterocycles. The van der Waals surface area contributed by atoms with Gasteiger partial charge in [0, 0.05) is 18.0 Å². The second kappa shape index (κ2) is 15.8. The van der Waals surface area contributed by atoms with Crippen molar-refractivity contribution in [2.45, 2.75) is 91.2 Å². The minimum Gasteiger partial charge on any atom is -0.378 e. The van der Waals surface area contributed by atoms with E-state index >= 15 is 0 Å². The van der Waals surface area contributed by atoms with E-state index in [9.17, 15) is 0 Å². The van der Waals surface area contributed by atoms with E-state index in [-0.39, 0.29) is 30.4 Å². The molecule has 4 N–H and O–H groups in total. The third kappa shape index (κ3) is 13.9. The summed E-state index contributed by atoms with van der Waals surface area (Å²) in [6.45, 7) is 15.3. The Labute approximate surface area is 161 Å². The van der Waals surface area contributed by atoms with Crippen LogP contribution in [0.5, 0.6) is 0 Å². The Bertz CT molecular complexity index is 316. The molecule has 6 nitrogen and oxygen atoms in total. The summed E-state index contributed by atoms with van der Waals surface area (Å²) in [5, 5.41) is 0. The SMILES string of the molecule is CCCC(OCC(C)OCC(C)N)C(CC)COCC(C)OCC(C)N. The van der Waals surface area contributed by atoms with E-state index in [1.807, 2.05) is 27.7 Å². The summed E-state index contributed by atoms with van der Waals surface area (Å²) >= 11 is 0. The number of nitrogens with two attached hydrogens (primary N) is 2. The molecule has 6 unspecified atom stereocenters. The van der Waals surface area contributed by atoms with Crippen LogP contribution in [0.15, 0.2) is 0 Å². The van der Waals surface area contributed by atoms with Crippen molar-refractivity contribution in [1.82, 2.24) is 0 Å². The summed E-state index contributed by atoms with van der Waals surface area (Å²) in [5.41, 5.74) is 11.4. The van der Waals surface area contributed by atoms with Crippen LogP contribution in [0.2, 0.25) is 0 Å². The highest BCUT2D eigenvalue weighted by atomic mass is 16.5. The normalized spacial score (nSPS) is 18.9. The topological polar surface area (TPSA) is 89.0 Å². The number of hydrogen-bond donors (Lipinski definition) is 2. The molecule has 0 fully saturated rings. The molecule has 0 bridgehead atoms. The van der Waals surface area contributed by atoms with Crippen molar-refractivity contribution in [3.8, 4) is 0 Å². The first kappa shape index (κ1) is 25.8. The molecule has 0 aromatic carbocycles. The summed E-state index contributed by atoms with van der Waals surface area (Å²) < 4.78 is 23.4. The summed E-state index contributed by atoms with van der Waals surface area (Å²) in [6.07, 6.45) is 3.42. The second-order valence-corrected chi connectivity index (χ2v) is 7.61. The van der Waals surface area contributed by atoms with Gasteiger partial charge in [-0.25, -0.2) is 0 Å². The molecule has 0 saturated heterocycles. The van der Waals surface area contributed by atoms with Gasteiger partial charge in [0.05, 0.1) is 51.3 Å². The maximum atomic E-state index is 6.17. The standard InChI is InChI=1S/C20H44N2O4/c1-7-9-20(26-13-18(6)25-11-16(4)22)19(8-2)14-23-12-17(5)24-10-15(3)21/h15-20H,7-14,21-22H2,1-6H3. The first-order valence-corrected chi connectivity index (χ1v) is 10.2. The molecule has 0 aliphatic carbocycles. The molecule has 26 heavy (non-hydrogen) atoms. The molecular formula is C20H44N2O4. The lowest BCUT2D eigenvalue weighted by molar-refractivity contribution is -0.0810. The first-order valence-electron chi connectivity index (χ1n) is 10.2. The molecule has 0 rings (SSSR count). The van der Waals surface area contributed by atoms with Gasteiger partial charge >= 0.3 is 0 Å². The van der Waals surface area contributed by atoms with Gasteiger partial charge in [-0.15, -0.1) is 0 Å². The van der Waals surface area contributed by atoms with E-state index in [4.69, 9.17) is 30.4 Å². The molecule has 0 amide bonds. The zero-order valence-corrected chi connectivity index (χ0v) is 17.9. The molecule has 6 heteroatoms. The largest absolute Gasteiger partial charge is 0.378 e. The summed E-state index contributed by atoms with van der Waals surface area (Å²) in [5.74, 6) is 0.371. The molecule has 0 heterocycles. The van der Waals surface area contributed by atoms with Crippen molar-refractivity contribution in [3.63, 3.8) is 0 Å². The lowest BCUT2D eigenvalue weighted by Crippen LogP contribution is -2.33. The third-order valence-corrected chi connectivity index (χ3v) is 4.14. The van der Waals surface area contributed by atoms with Crippen LogP contribution in [0.25, 0.3) is 0 Å². The van der Waals surface area contributed by atoms with Crippen molar-refractivity contribution < 1.29 is 18.9 Å². The highest BCUT2D eigenvalue weighted by Crippen LogP contribution is 2.19. The third-order valence-electron chi connectivity index (χ3n) is 4.14. The van der Waals surface area contributed by atoms with Crippen LogP contribution in [0.4, 0.5) is 0 Å². The monoisotopic (exact) mass is 376 g/mol. The molecule has 0 spiro atoms. The van der Waals surface area contributed by atoms with Crippen molar-refractivity contribution in [2.24, 2.45) is 17.4 Å². The van der Waals surface area contributed by atoms with Crippen LogP contribution in [-0.2, 0) is 18.9 Å². The Morgan fingerprint density at radius 3 is 1.69 bits per heavy atom. The highest BCUT2D eigenvalue weighted by Gasteiger charge is 2.22. The lowest BCUT2D eigenvalue weighted by atomic mass is 9.96. The molecule has 0 aromatic heterocycles. The van der Waals surface area contributed by atoms with E-state index in [0.717, 1.165) is 19.3 Å². The molecule has 0 radical (unpaired) electrons. The Morgan fingerprint density at radius 1 is 0.692 bits per heavy atom. The summed E-state index contributed by atoms with van der Waals surface area (Å²) in [4.78, 5) is 0. The number of ether oxygens (including phenoxy) is 4. The van der Waals surface area contributed by atoms with Gasteiger partial charge in [0.15, 0.2) is 0 Å². The predicted molar refractivity (Wildman–Crippen MR) is 107 cm³/mol. The molecule has 0 aliphatic rings. The van der Waals surface area contributed by atoms with Crippen LogP contribution in [0.1, 0.15) is 60.8 Å². The Kier molecular flexibility index (Phi) is 15.6. The fraction of sp³-hybridized carbons (Fsp3) is 1.00. The van der Waals surface area contributed by atoms with Gasteiger partial charge in [-0.1, -0.05) is 20.3 Å². The van der Waals surface area contributed by atoms with Gasteiger partial charge in [-0.05, 0) is 40.5 Å². The minimum absolute atomic E-state index is 0.0467. The second-order valence-electron chi connectivity index (χ2n) is 7.61. The van der Waals surface area contributed by atoms with Gasteiger partial charge in [-0.3, -0.25) is 0 Å². The lowest BCUT2D eigenvalue weighted by Gasteiger charge is -2.28. The Hall–Kier alpha value is -0.240. The quantitative estimate of drug-likeness (QED) is 0.406. The van der Waals surface area contributed by atoms with E-state index in [0.29, 0.717) is 39.0 Å². The van der Waals surface area contributed by atoms with Gasteiger partial charge in [0.25, 0.3) is 0 Å². The van der Waals surface area contributed by atoms with E-state index in [1.165, 1.54) is 0 Å². The zero-order chi connectivity index (χ0) is 19.9. The first-order chi connectivity index (χ1) is 12.3. The number of hydrogen-bond acceptors (Lipinski definition) is 6. The van der Waals surface area contributed by atoms with E-state index in [2.05, 4.69) is 13.8 Å². The van der Waals surface area contributed by atoms with Gasteiger partial charge in [-0.2, -0.15) is 0 Å². The van der Waals surface area contributed by atoms with E-state index < -0.39 is 0 Å². The van der Waals surface area contributed by atoms with Crippen molar-refractivity contribution in [2.75, 3.05) is 33.0 Å². The van der Waals surface area contributed by atoms with Crippen LogP contribution in [0.3, 0.4) is 0 Å². The van der Waals surface area contributed by atoms with Crippen molar-refractivity contribution >= 4 is 0 Å². The molecule has 158 valence electrons. The maximum Gasteiger partial charge on any atom is 0.0781 e. The van der Waals surface area contributed by atoms with Gasteiger partial charge < -0.3 is 30.4 Å². The van der Waals surface area contributed by atoms with Gasteiger partial charge in [0.2, 0.25) is 0 Å². The van der Waals surface area contributed by atoms with Gasteiger partial charge in [0.1, 0.15) is 0 Å². The van der Waals surface area contributed by atoms with Crippen molar-refractivity contribution in [3.05, 3.63) is 0 Å². The molecule has 6 atom stereocenters. The van der Waals surface area contributed by atoms with Crippen molar-refractivity contribution in [1.29, 1.82) is 0 Å². The van der Waals surface area contributed by atoms with Crippen LogP contribution in [-0.4, -0.2) is 63.4 Å². The zero-order valence-electron chi connectivity index (χ0n) is 17.9. The fourth-order valence-electron chi connectivity index (χ4n) is 2.60. The maximum absolute atomic E-state index is 6.17. The smallest absolute Gasteiger partial charge is 0.0781 e. The fourth-order valence-corrected chi connectivity index (χ4v) is 2.60. The van der Waals surface area contributed by atoms with E-state index in [1.54, 1.807) is 0 Å². The average molecular weight is 377 g/mol. The molecular weight excluding hydrogens is 332 g/mol. The average Bonchev–Trinajstić information content (AvgIpc) is 2.59. The van der Waals surface area contributed by atoms with Crippen LogP contribution in [0, 0.1) is 5.92 Å². The predicted octanol–water partition coefficient (Wildman–Crippen LogP) is 2.72. The minimum atomic E-state index is 0.0467. The van der Waals surface area contributed by atoms with Crippen LogP contribution < -0.4 is 11.5 Å². The highest BCUT2D eigenvalue weighted by molar-refractivity contribution is 4.70.